The Hall–Kier alpha value is -4.04. The number of amides is 1. The standard InChI is InChI=1S/C28H30N4O4/c1-30-25-13-7-19(8-14-27(33)36-3)17-26(25)32(29-30)24-6-4-5-21-18-31(16-15-23(21)24)28(34)20-9-11-22(35-2)12-10-20/h4-7,9-13,17,29H,8,14-16,18H2,1-3H3. The third-order valence-corrected chi connectivity index (χ3v) is 6.84. The molecule has 0 aliphatic carbocycles. The molecular formula is C28H30N4O4. The molecule has 0 radical (unpaired) electrons. The summed E-state index contributed by atoms with van der Waals surface area (Å²) in [6.45, 7) is 1.20. The van der Waals surface area contributed by atoms with Crippen molar-refractivity contribution in [2.75, 3.05) is 37.8 Å². The van der Waals surface area contributed by atoms with Crippen molar-refractivity contribution in [2.24, 2.45) is 0 Å². The number of fused-ring (bicyclic) bond motifs is 2. The Morgan fingerprint density at radius 3 is 2.53 bits per heavy atom. The first-order valence-electron chi connectivity index (χ1n) is 12.0. The van der Waals surface area contributed by atoms with Crippen molar-refractivity contribution in [1.29, 1.82) is 0 Å². The number of rotatable bonds is 6. The van der Waals surface area contributed by atoms with Crippen LogP contribution in [0.4, 0.5) is 17.1 Å². The number of benzene rings is 3. The first-order valence-corrected chi connectivity index (χ1v) is 12.0. The van der Waals surface area contributed by atoms with E-state index in [0.29, 0.717) is 31.5 Å². The molecule has 1 amide bonds. The third kappa shape index (κ3) is 4.47. The highest BCUT2D eigenvalue weighted by Gasteiger charge is 2.30. The average molecular weight is 487 g/mol. The zero-order valence-corrected chi connectivity index (χ0v) is 20.8. The second-order valence-corrected chi connectivity index (χ2v) is 9.01. The zero-order valence-electron chi connectivity index (χ0n) is 20.8. The van der Waals surface area contributed by atoms with E-state index in [2.05, 4.69) is 34.8 Å². The van der Waals surface area contributed by atoms with E-state index in [0.717, 1.165) is 40.4 Å². The van der Waals surface area contributed by atoms with Crippen molar-refractivity contribution in [3.63, 3.8) is 0 Å². The Bertz CT molecular complexity index is 1290. The number of nitrogens with zero attached hydrogens (tertiary/aromatic N) is 3. The van der Waals surface area contributed by atoms with Gasteiger partial charge < -0.3 is 14.4 Å². The van der Waals surface area contributed by atoms with Crippen LogP contribution in [-0.2, 0) is 28.9 Å². The summed E-state index contributed by atoms with van der Waals surface area (Å²) in [6.07, 6.45) is 1.72. The van der Waals surface area contributed by atoms with Crippen LogP contribution in [0.15, 0.2) is 60.7 Å². The number of hydrazine groups is 2. The van der Waals surface area contributed by atoms with E-state index in [1.807, 2.05) is 53.4 Å². The summed E-state index contributed by atoms with van der Waals surface area (Å²) in [7, 11) is 5.01. The molecule has 0 unspecified atom stereocenters. The molecule has 186 valence electrons. The Morgan fingerprint density at radius 2 is 1.78 bits per heavy atom. The highest BCUT2D eigenvalue weighted by atomic mass is 16.5. The highest BCUT2D eigenvalue weighted by Crippen LogP contribution is 2.41. The number of hydrogen-bond donors (Lipinski definition) is 1. The van der Waals surface area contributed by atoms with Gasteiger partial charge in [-0.3, -0.25) is 19.6 Å². The van der Waals surface area contributed by atoms with Crippen LogP contribution in [0.5, 0.6) is 5.75 Å². The molecule has 5 rings (SSSR count). The van der Waals surface area contributed by atoms with E-state index >= 15 is 0 Å². The van der Waals surface area contributed by atoms with Crippen molar-refractivity contribution < 1.29 is 19.1 Å². The van der Waals surface area contributed by atoms with Crippen molar-refractivity contribution in [2.45, 2.75) is 25.8 Å². The number of anilines is 3. The zero-order chi connectivity index (χ0) is 25.2. The van der Waals surface area contributed by atoms with Gasteiger partial charge in [0.15, 0.2) is 0 Å². The molecule has 0 saturated heterocycles. The molecule has 2 heterocycles. The number of nitrogens with one attached hydrogen (secondary N) is 1. The van der Waals surface area contributed by atoms with Crippen LogP contribution in [-0.4, -0.2) is 44.6 Å². The van der Waals surface area contributed by atoms with Crippen LogP contribution in [0, 0.1) is 0 Å². The van der Waals surface area contributed by atoms with Gasteiger partial charge in [0, 0.05) is 32.1 Å². The smallest absolute Gasteiger partial charge is 0.305 e. The van der Waals surface area contributed by atoms with Crippen molar-refractivity contribution in [3.05, 3.63) is 82.9 Å². The lowest BCUT2D eigenvalue weighted by Gasteiger charge is -2.32. The maximum absolute atomic E-state index is 13.1. The maximum Gasteiger partial charge on any atom is 0.305 e. The fourth-order valence-electron chi connectivity index (χ4n) is 4.87. The van der Waals surface area contributed by atoms with Crippen LogP contribution in [0.2, 0.25) is 0 Å². The van der Waals surface area contributed by atoms with Crippen LogP contribution in [0.3, 0.4) is 0 Å². The molecule has 8 nitrogen and oxygen atoms in total. The van der Waals surface area contributed by atoms with Gasteiger partial charge in [-0.1, -0.05) is 18.2 Å². The first kappa shape index (κ1) is 23.7. The fraction of sp³-hybridized carbons (Fsp3) is 0.286. The Kier molecular flexibility index (Phi) is 6.52. The quantitative estimate of drug-likeness (QED) is 0.528. The van der Waals surface area contributed by atoms with E-state index < -0.39 is 0 Å². The van der Waals surface area contributed by atoms with Crippen molar-refractivity contribution >= 4 is 28.9 Å². The minimum Gasteiger partial charge on any atom is -0.497 e. The number of hydrogen-bond acceptors (Lipinski definition) is 7. The number of esters is 1. The van der Waals surface area contributed by atoms with E-state index in [1.54, 1.807) is 7.11 Å². The number of ether oxygens (including phenoxy) is 2. The van der Waals surface area contributed by atoms with Gasteiger partial charge in [-0.05, 0) is 72.0 Å². The lowest BCUT2D eigenvalue weighted by molar-refractivity contribution is -0.140. The number of carbonyl (C=O) groups excluding carboxylic acids is 2. The molecule has 0 bridgehead atoms. The second kappa shape index (κ2) is 9.91. The first-order chi connectivity index (χ1) is 17.5. The Balaban J connectivity index is 1.39. The maximum atomic E-state index is 13.1. The lowest BCUT2D eigenvalue weighted by atomic mass is 9.96. The van der Waals surface area contributed by atoms with Gasteiger partial charge >= 0.3 is 5.97 Å². The molecule has 0 atom stereocenters. The summed E-state index contributed by atoms with van der Waals surface area (Å²) in [5, 5.41) is 4.08. The number of aryl methyl sites for hydroxylation is 1. The highest BCUT2D eigenvalue weighted by molar-refractivity contribution is 5.94. The van der Waals surface area contributed by atoms with Gasteiger partial charge in [-0.15, -0.1) is 5.53 Å². The van der Waals surface area contributed by atoms with E-state index in [4.69, 9.17) is 9.47 Å². The van der Waals surface area contributed by atoms with E-state index in [1.165, 1.54) is 12.7 Å². The molecule has 2 aliphatic heterocycles. The molecule has 8 heteroatoms. The van der Waals surface area contributed by atoms with Crippen LogP contribution in [0.1, 0.15) is 33.5 Å². The molecule has 0 fully saturated rings. The topological polar surface area (TPSA) is 74.3 Å². The summed E-state index contributed by atoms with van der Waals surface area (Å²) < 4.78 is 10.0. The summed E-state index contributed by atoms with van der Waals surface area (Å²) in [5.41, 5.74) is 10.7. The van der Waals surface area contributed by atoms with Gasteiger partial charge in [0.2, 0.25) is 0 Å². The second-order valence-electron chi connectivity index (χ2n) is 9.01. The van der Waals surface area contributed by atoms with Crippen LogP contribution >= 0.6 is 0 Å². The van der Waals surface area contributed by atoms with Gasteiger partial charge in [0.05, 0.1) is 31.3 Å². The van der Waals surface area contributed by atoms with Gasteiger partial charge in [0.25, 0.3) is 5.91 Å². The monoisotopic (exact) mass is 486 g/mol. The molecule has 2 aliphatic rings. The molecule has 1 N–H and O–H groups in total. The molecule has 0 aromatic heterocycles. The average Bonchev–Trinajstić information content (AvgIpc) is 3.25. The molecule has 36 heavy (non-hydrogen) atoms. The summed E-state index contributed by atoms with van der Waals surface area (Å²) in [5.74, 6) is 0.541. The summed E-state index contributed by atoms with van der Waals surface area (Å²) >= 11 is 0. The van der Waals surface area contributed by atoms with Gasteiger partial charge in [-0.2, -0.15) is 0 Å². The third-order valence-electron chi connectivity index (χ3n) is 6.84. The molecule has 3 aromatic carbocycles. The van der Waals surface area contributed by atoms with Gasteiger partial charge in [-0.25, -0.2) is 0 Å². The lowest BCUT2D eigenvalue weighted by Crippen LogP contribution is -2.41. The molecule has 0 spiro atoms. The normalized spacial score (nSPS) is 14.4. The van der Waals surface area contributed by atoms with Crippen molar-refractivity contribution in [1.82, 2.24) is 10.4 Å². The van der Waals surface area contributed by atoms with E-state index in [-0.39, 0.29) is 11.9 Å². The Morgan fingerprint density at radius 1 is 0.972 bits per heavy atom. The molecular weight excluding hydrogens is 456 g/mol. The molecule has 0 saturated carbocycles. The van der Waals surface area contributed by atoms with E-state index in [9.17, 15) is 9.59 Å². The number of carbonyl (C=O) groups is 2. The SMILES string of the molecule is COC(=O)CCc1ccc2c(c1)N(c1cccc3c1CCN(C(=O)c1ccc(OC)cc1)C3)NN2C. The number of methoxy groups -OCH3 is 2. The van der Waals surface area contributed by atoms with Crippen molar-refractivity contribution in [3.8, 4) is 5.75 Å². The Labute approximate surface area is 211 Å². The van der Waals surface area contributed by atoms with Crippen LogP contribution in [0.25, 0.3) is 0 Å². The van der Waals surface area contributed by atoms with Gasteiger partial charge in [0.1, 0.15) is 5.75 Å². The minimum absolute atomic E-state index is 0.0216. The fourth-order valence-corrected chi connectivity index (χ4v) is 4.87. The minimum atomic E-state index is -0.214. The summed E-state index contributed by atoms with van der Waals surface area (Å²) in [6, 6.07) is 19.7. The molecule has 3 aromatic rings. The predicted molar refractivity (Wildman–Crippen MR) is 138 cm³/mol. The largest absolute Gasteiger partial charge is 0.497 e. The predicted octanol–water partition coefficient (Wildman–Crippen LogP) is 4.01. The van der Waals surface area contributed by atoms with Crippen LogP contribution < -0.4 is 20.3 Å². The summed E-state index contributed by atoms with van der Waals surface area (Å²) in [4.78, 5) is 26.7.